The third-order valence-electron chi connectivity index (χ3n) is 12.6. The number of nitrogens with one attached hydrogen (secondary N) is 1. The molecule has 0 saturated carbocycles. The monoisotopic (exact) mass is 848 g/mol. The summed E-state index contributed by atoms with van der Waals surface area (Å²) in [5, 5.41) is 23.1. The van der Waals surface area contributed by atoms with Crippen LogP contribution in [0, 0.1) is 0 Å². The van der Waals surface area contributed by atoms with Crippen LogP contribution in [-0.2, 0) is 14.3 Å². The highest BCUT2D eigenvalue weighted by Gasteiger charge is 2.20. The fourth-order valence-corrected chi connectivity index (χ4v) is 8.40. The van der Waals surface area contributed by atoms with E-state index in [1.54, 1.807) is 0 Å². The molecule has 0 fully saturated rings. The van der Waals surface area contributed by atoms with Crippen molar-refractivity contribution in [1.29, 1.82) is 0 Å². The highest BCUT2D eigenvalue weighted by atomic mass is 16.5. The van der Waals surface area contributed by atoms with Crippen molar-refractivity contribution in [3.63, 3.8) is 0 Å². The van der Waals surface area contributed by atoms with Crippen LogP contribution < -0.4 is 5.32 Å². The normalized spacial score (nSPS) is 12.7. The number of ether oxygens (including phenoxy) is 1. The molecular formula is C54H105NO5. The van der Waals surface area contributed by atoms with Crippen LogP contribution in [0.2, 0.25) is 0 Å². The molecule has 3 N–H and O–H groups in total. The fraction of sp³-hybridized carbons (Fsp3) is 0.926. The van der Waals surface area contributed by atoms with Crippen LogP contribution in [0.5, 0.6) is 0 Å². The van der Waals surface area contributed by atoms with E-state index in [0.29, 0.717) is 25.9 Å². The first-order chi connectivity index (χ1) is 29.5. The molecule has 0 rings (SSSR count). The lowest BCUT2D eigenvalue weighted by Crippen LogP contribution is -2.45. The number of aliphatic hydroxyl groups excluding tert-OH is 2. The third-order valence-corrected chi connectivity index (χ3v) is 12.6. The molecule has 356 valence electrons. The number of aliphatic hydroxyl groups is 2. The topological polar surface area (TPSA) is 95.9 Å². The number of carbonyl (C=O) groups excluding carboxylic acids is 2. The molecule has 0 heterocycles. The van der Waals surface area contributed by atoms with Gasteiger partial charge in [-0.05, 0) is 51.4 Å². The van der Waals surface area contributed by atoms with E-state index in [4.69, 9.17) is 4.74 Å². The Kier molecular flexibility index (Phi) is 49.1. The smallest absolute Gasteiger partial charge is 0.305 e. The number of hydrogen-bond acceptors (Lipinski definition) is 5. The van der Waals surface area contributed by atoms with Crippen LogP contribution in [-0.4, -0.2) is 47.4 Å². The van der Waals surface area contributed by atoms with Gasteiger partial charge in [-0.2, -0.15) is 0 Å². The SMILES string of the molecule is CCCCC/C=C\CCCCCCCC(=O)OCCCCCCCCCCCCCCCCCCCCCCCCC(=O)NC(CO)C(O)CCCCCCCCCCC. The molecule has 0 aliphatic carbocycles. The number of unbranched alkanes of at least 4 members (excludes halogenated alkanes) is 37. The Hall–Kier alpha value is -1.40. The minimum Gasteiger partial charge on any atom is -0.466 e. The van der Waals surface area contributed by atoms with Gasteiger partial charge in [-0.3, -0.25) is 9.59 Å². The maximum atomic E-state index is 12.4. The number of rotatable bonds is 50. The zero-order valence-electron chi connectivity index (χ0n) is 40.5. The van der Waals surface area contributed by atoms with Gasteiger partial charge in [0.2, 0.25) is 5.91 Å². The number of esters is 1. The van der Waals surface area contributed by atoms with Crippen molar-refractivity contribution < 1.29 is 24.5 Å². The van der Waals surface area contributed by atoms with Crippen molar-refractivity contribution in [2.24, 2.45) is 0 Å². The Morgan fingerprint density at radius 3 is 1.22 bits per heavy atom. The maximum absolute atomic E-state index is 12.4. The average Bonchev–Trinajstić information content (AvgIpc) is 3.25. The summed E-state index contributed by atoms with van der Waals surface area (Å²) in [5.74, 6) is -0.0340. The van der Waals surface area contributed by atoms with Crippen LogP contribution in [0.1, 0.15) is 296 Å². The largest absolute Gasteiger partial charge is 0.466 e. The van der Waals surface area contributed by atoms with Gasteiger partial charge in [-0.15, -0.1) is 0 Å². The third kappa shape index (κ3) is 46.1. The minimum absolute atomic E-state index is 0.00310. The Balaban J connectivity index is 3.35. The molecule has 60 heavy (non-hydrogen) atoms. The molecule has 0 saturated heterocycles. The molecular weight excluding hydrogens is 743 g/mol. The number of hydrogen-bond donors (Lipinski definition) is 3. The second kappa shape index (κ2) is 50.2. The summed E-state index contributed by atoms with van der Waals surface area (Å²) in [6.07, 6.45) is 57.7. The molecule has 1 amide bonds. The van der Waals surface area contributed by atoms with Gasteiger partial charge < -0.3 is 20.3 Å². The predicted molar refractivity (Wildman–Crippen MR) is 260 cm³/mol. The highest BCUT2D eigenvalue weighted by Crippen LogP contribution is 2.17. The first kappa shape index (κ1) is 58.6. The summed E-state index contributed by atoms with van der Waals surface area (Å²) in [6, 6.07) is -0.538. The van der Waals surface area contributed by atoms with Gasteiger partial charge >= 0.3 is 5.97 Å². The summed E-state index contributed by atoms with van der Waals surface area (Å²) in [6.45, 7) is 4.91. The molecule has 0 spiro atoms. The lowest BCUT2D eigenvalue weighted by Gasteiger charge is -2.22. The quantitative estimate of drug-likeness (QED) is 0.0322. The van der Waals surface area contributed by atoms with E-state index in [1.165, 1.54) is 218 Å². The number of allylic oxidation sites excluding steroid dienone is 2. The van der Waals surface area contributed by atoms with Crippen molar-refractivity contribution in [2.75, 3.05) is 13.2 Å². The van der Waals surface area contributed by atoms with Crippen molar-refractivity contribution in [3.8, 4) is 0 Å². The zero-order chi connectivity index (χ0) is 43.7. The zero-order valence-corrected chi connectivity index (χ0v) is 40.5. The maximum Gasteiger partial charge on any atom is 0.305 e. The van der Waals surface area contributed by atoms with E-state index < -0.39 is 12.1 Å². The molecule has 0 aliphatic rings. The van der Waals surface area contributed by atoms with Crippen molar-refractivity contribution >= 4 is 11.9 Å². The highest BCUT2D eigenvalue weighted by molar-refractivity contribution is 5.76. The summed E-state index contributed by atoms with van der Waals surface area (Å²) < 4.78 is 5.46. The lowest BCUT2D eigenvalue weighted by molar-refractivity contribution is -0.143. The Labute approximate surface area is 374 Å². The standard InChI is InChI=1S/C54H105NO5/c1-3-5-7-9-11-13-14-28-32-36-40-44-48-54(59)60-49-45-41-37-33-29-26-24-22-20-18-16-15-17-19-21-23-25-27-31-35-39-43-47-53(58)55-51(50-56)52(57)46-42-38-34-30-12-10-8-6-4-2/h11,13,51-52,56-57H,3-10,12,14-50H2,1-2H3,(H,55,58)/b13-11-. The Morgan fingerprint density at radius 1 is 0.450 bits per heavy atom. The van der Waals surface area contributed by atoms with E-state index in [-0.39, 0.29) is 18.5 Å². The van der Waals surface area contributed by atoms with Gasteiger partial charge in [-0.1, -0.05) is 244 Å². The van der Waals surface area contributed by atoms with Crippen molar-refractivity contribution in [3.05, 3.63) is 12.2 Å². The predicted octanol–water partition coefficient (Wildman–Crippen LogP) is 16.1. The average molecular weight is 848 g/mol. The van der Waals surface area contributed by atoms with Crippen LogP contribution in [0.15, 0.2) is 12.2 Å². The fourth-order valence-electron chi connectivity index (χ4n) is 8.40. The summed E-state index contributed by atoms with van der Waals surface area (Å²) >= 11 is 0. The molecule has 0 bridgehead atoms. The molecule has 0 aromatic rings. The van der Waals surface area contributed by atoms with Gasteiger partial charge in [0.15, 0.2) is 0 Å². The Bertz CT molecular complexity index is 893. The molecule has 6 heteroatoms. The molecule has 0 aliphatic heterocycles. The minimum atomic E-state index is -0.661. The van der Waals surface area contributed by atoms with E-state index in [9.17, 15) is 19.8 Å². The van der Waals surface area contributed by atoms with Gasteiger partial charge in [0.1, 0.15) is 0 Å². The van der Waals surface area contributed by atoms with Crippen LogP contribution in [0.4, 0.5) is 0 Å². The van der Waals surface area contributed by atoms with Gasteiger partial charge in [0, 0.05) is 12.8 Å². The summed E-state index contributed by atoms with van der Waals surface area (Å²) in [5.41, 5.74) is 0. The van der Waals surface area contributed by atoms with Crippen LogP contribution in [0.25, 0.3) is 0 Å². The molecule has 6 nitrogen and oxygen atoms in total. The second-order valence-electron chi connectivity index (χ2n) is 18.6. The van der Waals surface area contributed by atoms with E-state index >= 15 is 0 Å². The van der Waals surface area contributed by atoms with E-state index in [2.05, 4.69) is 31.3 Å². The Morgan fingerprint density at radius 2 is 0.783 bits per heavy atom. The van der Waals surface area contributed by atoms with Crippen LogP contribution in [0.3, 0.4) is 0 Å². The molecule has 0 radical (unpaired) electrons. The first-order valence-electron chi connectivity index (χ1n) is 26.9. The number of amides is 1. The van der Waals surface area contributed by atoms with E-state index in [0.717, 1.165) is 44.9 Å². The lowest BCUT2D eigenvalue weighted by atomic mass is 10.0. The van der Waals surface area contributed by atoms with E-state index in [1.807, 2.05) is 0 Å². The van der Waals surface area contributed by atoms with Gasteiger partial charge in [-0.25, -0.2) is 0 Å². The van der Waals surface area contributed by atoms with Crippen LogP contribution >= 0.6 is 0 Å². The first-order valence-corrected chi connectivity index (χ1v) is 26.9. The van der Waals surface area contributed by atoms with Crippen molar-refractivity contribution in [1.82, 2.24) is 5.32 Å². The van der Waals surface area contributed by atoms with Gasteiger partial charge in [0.25, 0.3) is 0 Å². The molecule has 2 unspecified atom stereocenters. The number of carbonyl (C=O) groups is 2. The molecule has 2 atom stereocenters. The van der Waals surface area contributed by atoms with Crippen molar-refractivity contribution in [2.45, 2.75) is 309 Å². The summed E-state index contributed by atoms with van der Waals surface area (Å²) in [4.78, 5) is 24.4. The second-order valence-corrected chi connectivity index (χ2v) is 18.6. The molecule has 0 aromatic carbocycles. The summed E-state index contributed by atoms with van der Waals surface area (Å²) in [7, 11) is 0. The molecule has 0 aromatic heterocycles. The van der Waals surface area contributed by atoms with Gasteiger partial charge in [0.05, 0.1) is 25.4 Å².